The molecule has 1 amide bonds. The lowest BCUT2D eigenvalue weighted by molar-refractivity contribution is 0.0926. The van der Waals surface area contributed by atoms with Gasteiger partial charge < -0.3 is 5.32 Å². The molecule has 1 aromatic rings. The summed E-state index contributed by atoms with van der Waals surface area (Å²) in [7, 11) is 0. The number of hydrogen-bond acceptors (Lipinski definition) is 1. The van der Waals surface area contributed by atoms with Gasteiger partial charge in [0.1, 0.15) is 17.2 Å². The normalized spacial score (nSPS) is 12.3. The van der Waals surface area contributed by atoms with Crippen molar-refractivity contribution in [2.45, 2.75) is 25.8 Å². The Kier molecular flexibility index (Phi) is 6.21. The van der Waals surface area contributed by atoms with Gasteiger partial charge in [0, 0.05) is 15.8 Å². The van der Waals surface area contributed by atoms with Gasteiger partial charge in [0.25, 0.3) is 5.91 Å². The van der Waals surface area contributed by atoms with Crippen molar-refractivity contribution in [1.29, 1.82) is 0 Å². The molecule has 1 unspecified atom stereocenters. The number of nitrogens with one attached hydrogen (secondary N) is 1. The van der Waals surface area contributed by atoms with Crippen molar-refractivity contribution in [3.63, 3.8) is 0 Å². The third-order valence-electron chi connectivity index (χ3n) is 2.52. The molecule has 2 nitrogen and oxygen atoms in total. The minimum Gasteiger partial charge on any atom is -0.349 e. The topological polar surface area (TPSA) is 29.1 Å². The summed E-state index contributed by atoms with van der Waals surface area (Å²) in [6.07, 6.45) is 1.42. The second-order valence-corrected chi connectivity index (χ2v) is 5.51. The number of carbonyl (C=O) groups excluding carboxylic acids is 1. The summed E-state index contributed by atoms with van der Waals surface area (Å²) in [6.45, 7) is 1.90. The highest BCUT2D eigenvalue weighted by Gasteiger charge is 2.20. The Morgan fingerprint density at radius 1 is 1.39 bits per heavy atom. The third-order valence-corrected chi connectivity index (χ3v) is 3.44. The van der Waals surface area contributed by atoms with E-state index in [2.05, 4.69) is 37.2 Å². The Morgan fingerprint density at radius 2 is 1.94 bits per heavy atom. The number of amides is 1. The van der Waals surface area contributed by atoms with Crippen LogP contribution in [-0.2, 0) is 0 Å². The molecule has 0 aliphatic rings. The lowest BCUT2D eigenvalue weighted by Crippen LogP contribution is -2.35. The first-order valence-corrected chi connectivity index (χ1v) is 7.42. The van der Waals surface area contributed by atoms with Crippen molar-refractivity contribution in [1.82, 2.24) is 5.32 Å². The molecule has 0 aromatic heterocycles. The monoisotopic (exact) mass is 383 g/mol. The maximum atomic E-state index is 13.6. The summed E-state index contributed by atoms with van der Waals surface area (Å²) in [5.74, 6) is -2.45. The standard InChI is InChI=1S/C12H13Br2F2NO/c1-2-8(3-4-13)17-12(18)11-9(15)5-7(14)6-10(11)16/h5-6,8H,2-4H2,1H3,(H,17,18). The Hall–Kier alpha value is -0.490. The van der Waals surface area contributed by atoms with Crippen LogP contribution in [0, 0.1) is 11.6 Å². The maximum Gasteiger partial charge on any atom is 0.257 e. The molecule has 0 saturated carbocycles. The minimum absolute atomic E-state index is 0.0979. The average Bonchev–Trinajstić information content (AvgIpc) is 2.26. The molecule has 1 aromatic carbocycles. The van der Waals surface area contributed by atoms with E-state index in [0.29, 0.717) is 12.8 Å². The number of benzene rings is 1. The Balaban J connectivity index is 2.90. The zero-order valence-electron chi connectivity index (χ0n) is 9.77. The highest BCUT2D eigenvalue weighted by Crippen LogP contribution is 2.19. The molecule has 1 rings (SSSR count). The first-order chi connectivity index (χ1) is 8.49. The summed E-state index contributed by atoms with van der Waals surface area (Å²) in [6, 6.07) is 2.05. The van der Waals surface area contributed by atoms with Crippen molar-refractivity contribution < 1.29 is 13.6 Å². The van der Waals surface area contributed by atoms with E-state index in [9.17, 15) is 13.6 Å². The van der Waals surface area contributed by atoms with Crippen LogP contribution in [0.15, 0.2) is 16.6 Å². The van der Waals surface area contributed by atoms with E-state index < -0.39 is 23.1 Å². The van der Waals surface area contributed by atoms with Gasteiger partial charge >= 0.3 is 0 Å². The number of carbonyl (C=O) groups is 1. The number of rotatable bonds is 5. The van der Waals surface area contributed by atoms with Crippen LogP contribution >= 0.6 is 31.9 Å². The molecule has 0 spiro atoms. The van der Waals surface area contributed by atoms with E-state index in [1.54, 1.807) is 0 Å². The lowest BCUT2D eigenvalue weighted by atomic mass is 10.1. The molecule has 0 bridgehead atoms. The van der Waals surface area contributed by atoms with E-state index in [-0.39, 0.29) is 10.5 Å². The Morgan fingerprint density at radius 3 is 2.39 bits per heavy atom. The summed E-state index contributed by atoms with van der Waals surface area (Å²) in [4.78, 5) is 11.8. The number of alkyl halides is 1. The highest BCUT2D eigenvalue weighted by molar-refractivity contribution is 9.10. The highest BCUT2D eigenvalue weighted by atomic mass is 79.9. The van der Waals surface area contributed by atoms with Crippen LogP contribution in [0.25, 0.3) is 0 Å². The van der Waals surface area contributed by atoms with Crippen LogP contribution in [0.3, 0.4) is 0 Å². The Labute approximate surface area is 121 Å². The van der Waals surface area contributed by atoms with Crippen LogP contribution in [0.2, 0.25) is 0 Å². The van der Waals surface area contributed by atoms with E-state index in [4.69, 9.17) is 0 Å². The molecule has 1 N–H and O–H groups in total. The third kappa shape index (κ3) is 4.02. The molecular weight excluding hydrogens is 372 g/mol. The second kappa shape index (κ2) is 7.19. The summed E-state index contributed by atoms with van der Waals surface area (Å²) >= 11 is 6.24. The van der Waals surface area contributed by atoms with E-state index >= 15 is 0 Å². The molecule has 100 valence electrons. The molecule has 6 heteroatoms. The average molecular weight is 385 g/mol. The maximum absolute atomic E-state index is 13.6. The Bertz CT molecular complexity index is 417. The predicted molar refractivity (Wildman–Crippen MR) is 74.0 cm³/mol. The van der Waals surface area contributed by atoms with E-state index in [1.807, 2.05) is 6.92 Å². The van der Waals surface area contributed by atoms with Gasteiger partial charge in [0.2, 0.25) is 0 Å². The van der Waals surface area contributed by atoms with Crippen LogP contribution in [0.5, 0.6) is 0 Å². The minimum atomic E-state index is -0.868. The summed E-state index contributed by atoms with van der Waals surface area (Å²) in [5, 5.41) is 3.34. The fraction of sp³-hybridized carbons (Fsp3) is 0.417. The lowest BCUT2D eigenvalue weighted by Gasteiger charge is -2.16. The second-order valence-electron chi connectivity index (χ2n) is 3.80. The fourth-order valence-electron chi connectivity index (χ4n) is 1.53. The van der Waals surface area contributed by atoms with Gasteiger partial charge in [-0.3, -0.25) is 4.79 Å². The van der Waals surface area contributed by atoms with Gasteiger partial charge in [-0.1, -0.05) is 38.8 Å². The van der Waals surface area contributed by atoms with Crippen molar-refractivity contribution in [2.75, 3.05) is 5.33 Å². The number of halogens is 4. The predicted octanol–water partition coefficient (Wildman–Crippen LogP) is 4.02. The van der Waals surface area contributed by atoms with Crippen molar-refractivity contribution in [2.24, 2.45) is 0 Å². The van der Waals surface area contributed by atoms with Crippen LogP contribution in [0.1, 0.15) is 30.1 Å². The molecule has 18 heavy (non-hydrogen) atoms. The van der Waals surface area contributed by atoms with Gasteiger partial charge in [-0.2, -0.15) is 0 Å². The van der Waals surface area contributed by atoms with Gasteiger partial charge in [-0.15, -0.1) is 0 Å². The molecule has 0 fully saturated rings. The van der Waals surface area contributed by atoms with Crippen molar-refractivity contribution in [3.05, 3.63) is 33.8 Å². The fourth-order valence-corrected chi connectivity index (χ4v) is 2.48. The molecule has 0 radical (unpaired) electrons. The van der Waals surface area contributed by atoms with Crippen LogP contribution in [0.4, 0.5) is 8.78 Å². The van der Waals surface area contributed by atoms with Crippen LogP contribution < -0.4 is 5.32 Å². The summed E-state index contributed by atoms with van der Waals surface area (Å²) in [5.41, 5.74) is -0.536. The molecule has 0 heterocycles. The smallest absolute Gasteiger partial charge is 0.257 e. The molecule has 0 aliphatic carbocycles. The zero-order chi connectivity index (χ0) is 13.7. The van der Waals surface area contributed by atoms with Gasteiger partial charge in [-0.25, -0.2) is 8.78 Å². The van der Waals surface area contributed by atoms with Crippen LogP contribution in [-0.4, -0.2) is 17.3 Å². The van der Waals surface area contributed by atoms with E-state index in [1.165, 1.54) is 0 Å². The SMILES string of the molecule is CCC(CCBr)NC(=O)c1c(F)cc(Br)cc1F. The molecule has 1 atom stereocenters. The largest absolute Gasteiger partial charge is 0.349 e. The molecular formula is C12H13Br2F2NO. The van der Waals surface area contributed by atoms with Crippen molar-refractivity contribution >= 4 is 37.8 Å². The first kappa shape index (κ1) is 15.6. The quantitative estimate of drug-likeness (QED) is 0.763. The van der Waals surface area contributed by atoms with Crippen molar-refractivity contribution in [3.8, 4) is 0 Å². The molecule has 0 aliphatic heterocycles. The summed E-state index contributed by atoms with van der Waals surface area (Å²) < 4.78 is 27.4. The van der Waals surface area contributed by atoms with E-state index in [0.717, 1.165) is 17.5 Å². The zero-order valence-corrected chi connectivity index (χ0v) is 12.9. The number of hydrogen-bond donors (Lipinski definition) is 1. The van der Waals surface area contributed by atoms with Gasteiger partial charge in [0.05, 0.1) is 0 Å². The molecule has 0 saturated heterocycles. The van der Waals surface area contributed by atoms with Gasteiger partial charge in [0.15, 0.2) is 0 Å². The first-order valence-electron chi connectivity index (χ1n) is 5.51. The van der Waals surface area contributed by atoms with Gasteiger partial charge in [-0.05, 0) is 25.0 Å².